The Labute approximate surface area is 171 Å². The molecule has 0 radical (unpaired) electrons. The fourth-order valence-electron chi connectivity index (χ4n) is 3.34. The highest BCUT2D eigenvalue weighted by Gasteiger charge is 2.15. The van der Waals surface area contributed by atoms with Crippen molar-refractivity contribution in [2.45, 2.75) is 13.0 Å². The maximum Gasteiger partial charge on any atom is 0.193 e. The number of fused-ring (bicyclic) bond motifs is 1. The van der Waals surface area contributed by atoms with E-state index in [1.165, 1.54) is 0 Å². The molecule has 3 heterocycles. The Bertz CT molecular complexity index is 847. The minimum atomic E-state index is 0.350. The normalized spacial score (nSPS) is 17.7. The standard InChI is InChI=1S/C21H28N6O2/c1-26-7-9-27(10-8-26)20-6-3-16(14-23-20)15-24-21(22)25-17-4-5-18-19(13-17)29-12-2-11-28-18/h3-6,13-14H,2,7-12,15H2,1H3,(H3,22,24,25). The number of benzene rings is 1. The maximum atomic E-state index is 6.05. The van der Waals surface area contributed by atoms with Crippen LogP contribution in [0.25, 0.3) is 0 Å². The Morgan fingerprint density at radius 3 is 2.66 bits per heavy atom. The molecule has 2 aliphatic heterocycles. The number of ether oxygens (including phenoxy) is 2. The summed E-state index contributed by atoms with van der Waals surface area (Å²) in [4.78, 5) is 13.7. The smallest absolute Gasteiger partial charge is 0.193 e. The average molecular weight is 396 g/mol. The summed E-state index contributed by atoms with van der Waals surface area (Å²) >= 11 is 0. The van der Waals surface area contributed by atoms with Crippen LogP contribution in [-0.4, -0.2) is 62.3 Å². The second-order valence-corrected chi connectivity index (χ2v) is 7.35. The van der Waals surface area contributed by atoms with Gasteiger partial charge in [0.25, 0.3) is 0 Å². The van der Waals surface area contributed by atoms with E-state index in [1.807, 2.05) is 24.4 Å². The molecule has 8 heteroatoms. The number of hydrogen-bond acceptors (Lipinski definition) is 6. The Kier molecular flexibility index (Phi) is 6.00. The van der Waals surface area contributed by atoms with Gasteiger partial charge in [-0.05, 0) is 30.8 Å². The van der Waals surface area contributed by atoms with Crippen LogP contribution < -0.4 is 25.4 Å². The van der Waals surface area contributed by atoms with E-state index in [2.05, 4.69) is 44.3 Å². The molecule has 154 valence electrons. The van der Waals surface area contributed by atoms with Crippen LogP contribution in [0.1, 0.15) is 12.0 Å². The lowest BCUT2D eigenvalue weighted by Gasteiger charge is -2.33. The van der Waals surface area contributed by atoms with Crippen molar-refractivity contribution in [1.82, 2.24) is 9.88 Å². The summed E-state index contributed by atoms with van der Waals surface area (Å²) in [6, 6.07) is 9.80. The predicted molar refractivity (Wildman–Crippen MR) is 115 cm³/mol. The van der Waals surface area contributed by atoms with Crippen molar-refractivity contribution in [2.24, 2.45) is 10.7 Å². The van der Waals surface area contributed by atoms with E-state index in [1.54, 1.807) is 0 Å². The fourth-order valence-corrected chi connectivity index (χ4v) is 3.34. The highest BCUT2D eigenvalue weighted by atomic mass is 16.5. The molecule has 0 atom stereocenters. The van der Waals surface area contributed by atoms with Gasteiger partial charge in [0.05, 0.1) is 19.8 Å². The van der Waals surface area contributed by atoms with Crippen molar-refractivity contribution < 1.29 is 9.47 Å². The van der Waals surface area contributed by atoms with Gasteiger partial charge in [-0.15, -0.1) is 0 Å². The number of anilines is 2. The molecule has 0 amide bonds. The number of aliphatic imine (C=N–C) groups is 1. The van der Waals surface area contributed by atoms with Crippen LogP contribution in [-0.2, 0) is 6.54 Å². The lowest BCUT2D eigenvalue weighted by molar-refractivity contribution is 0.297. The van der Waals surface area contributed by atoms with Gasteiger partial charge in [0.2, 0.25) is 0 Å². The van der Waals surface area contributed by atoms with Gasteiger partial charge in [-0.3, -0.25) is 0 Å². The lowest BCUT2D eigenvalue weighted by atomic mass is 10.2. The molecule has 1 aromatic carbocycles. The molecule has 3 N–H and O–H groups in total. The lowest BCUT2D eigenvalue weighted by Crippen LogP contribution is -2.44. The summed E-state index contributed by atoms with van der Waals surface area (Å²) in [6.45, 7) is 5.94. The third kappa shape index (κ3) is 5.08. The van der Waals surface area contributed by atoms with Gasteiger partial charge in [-0.1, -0.05) is 6.07 Å². The SMILES string of the molecule is CN1CCN(c2ccc(CN=C(N)Nc3ccc4c(c3)OCCCO4)cn2)CC1. The molecule has 29 heavy (non-hydrogen) atoms. The van der Waals surface area contributed by atoms with Gasteiger partial charge in [0, 0.05) is 50.6 Å². The fraction of sp³-hybridized carbons (Fsp3) is 0.429. The summed E-state index contributed by atoms with van der Waals surface area (Å²) < 4.78 is 11.4. The number of nitrogens with one attached hydrogen (secondary N) is 1. The van der Waals surface area contributed by atoms with E-state index in [4.69, 9.17) is 15.2 Å². The largest absolute Gasteiger partial charge is 0.490 e. The van der Waals surface area contributed by atoms with Gasteiger partial charge in [0.15, 0.2) is 17.5 Å². The Morgan fingerprint density at radius 1 is 1.10 bits per heavy atom. The van der Waals surface area contributed by atoms with E-state index >= 15 is 0 Å². The highest BCUT2D eigenvalue weighted by Crippen LogP contribution is 2.32. The zero-order valence-corrected chi connectivity index (χ0v) is 16.8. The van der Waals surface area contributed by atoms with Gasteiger partial charge in [-0.2, -0.15) is 0 Å². The average Bonchev–Trinajstić information content (AvgIpc) is 2.98. The molecule has 4 rings (SSSR count). The zero-order valence-electron chi connectivity index (χ0n) is 16.8. The van der Waals surface area contributed by atoms with Gasteiger partial charge < -0.3 is 30.3 Å². The van der Waals surface area contributed by atoms with E-state index in [0.29, 0.717) is 25.7 Å². The van der Waals surface area contributed by atoms with Crippen LogP contribution in [0.5, 0.6) is 11.5 Å². The van der Waals surface area contributed by atoms with Crippen LogP contribution in [0.2, 0.25) is 0 Å². The third-order valence-electron chi connectivity index (χ3n) is 5.09. The zero-order chi connectivity index (χ0) is 20.1. The summed E-state index contributed by atoms with van der Waals surface area (Å²) in [6.07, 6.45) is 2.75. The first-order valence-corrected chi connectivity index (χ1v) is 10.0. The molecule has 1 fully saturated rings. The van der Waals surface area contributed by atoms with E-state index in [-0.39, 0.29) is 0 Å². The molecule has 0 saturated carbocycles. The molecule has 0 spiro atoms. The summed E-state index contributed by atoms with van der Waals surface area (Å²) in [5.41, 5.74) is 7.89. The second kappa shape index (κ2) is 9.00. The van der Waals surface area contributed by atoms with E-state index in [0.717, 1.165) is 61.2 Å². The third-order valence-corrected chi connectivity index (χ3v) is 5.09. The number of nitrogens with zero attached hydrogens (tertiary/aromatic N) is 4. The minimum absolute atomic E-state index is 0.350. The number of guanidine groups is 1. The molecule has 0 aliphatic carbocycles. The molecular weight excluding hydrogens is 368 g/mol. The van der Waals surface area contributed by atoms with Crippen molar-refractivity contribution in [3.63, 3.8) is 0 Å². The van der Waals surface area contributed by atoms with Crippen molar-refractivity contribution in [1.29, 1.82) is 0 Å². The van der Waals surface area contributed by atoms with Gasteiger partial charge >= 0.3 is 0 Å². The van der Waals surface area contributed by atoms with Crippen molar-refractivity contribution in [3.05, 3.63) is 42.1 Å². The highest BCUT2D eigenvalue weighted by molar-refractivity contribution is 5.92. The Morgan fingerprint density at radius 2 is 1.90 bits per heavy atom. The predicted octanol–water partition coefficient (Wildman–Crippen LogP) is 1.92. The van der Waals surface area contributed by atoms with Crippen LogP contribution >= 0.6 is 0 Å². The first kappa shape index (κ1) is 19.3. The van der Waals surface area contributed by atoms with Crippen LogP contribution in [0.4, 0.5) is 11.5 Å². The van der Waals surface area contributed by atoms with Crippen LogP contribution in [0, 0.1) is 0 Å². The first-order chi connectivity index (χ1) is 14.2. The molecule has 0 unspecified atom stereocenters. The topological polar surface area (TPSA) is 88.2 Å². The minimum Gasteiger partial charge on any atom is -0.490 e. The van der Waals surface area contributed by atoms with Crippen LogP contribution in [0.3, 0.4) is 0 Å². The maximum absolute atomic E-state index is 6.05. The second-order valence-electron chi connectivity index (χ2n) is 7.35. The molecular formula is C21H28N6O2. The summed E-state index contributed by atoms with van der Waals surface area (Å²) in [5.74, 6) is 2.85. The Hall–Kier alpha value is -3.00. The first-order valence-electron chi connectivity index (χ1n) is 10.0. The monoisotopic (exact) mass is 396 g/mol. The van der Waals surface area contributed by atoms with Crippen LogP contribution in [0.15, 0.2) is 41.5 Å². The van der Waals surface area contributed by atoms with Crippen molar-refractivity contribution in [2.75, 3.05) is 56.7 Å². The number of nitrogens with two attached hydrogens (primary N) is 1. The molecule has 1 saturated heterocycles. The number of aromatic nitrogens is 1. The number of piperazine rings is 1. The molecule has 2 aromatic rings. The number of rotatable bonds is 4. The van der Waals surface area contributed by atoms with Gasteiger partial charge in [-0.25, -0.2) is 9.98 Å². The number of pyridine rings is 1. The van der Waals surface area contributed by atoms with Crippen molar-refractivity contribution >= 4 is 17.5 Å². The summed E-state index contributed by atoms with van der Waals surface area (Å²) in [5, 5.41) is 3.11. The number of likely N-dealkylation sites (N-methyl/N-ethyl adjacent to an activating group) is 1. The van der Waals surface area contributed by atoms with E-state index < -0.39 is 0 Å². The van der Waals surface area contributed by atoms with Gasteiger partial charge in [0.1, 0.15) is 5.82 Å². The van der Waals surface area contributed by atoms with E-state index in [9.17, 15) is 0 Å². The Balaban J connectivity index is 1.33. The quantitative estimate of drug-likeness (QED) is 0.603. The molecule has 8 nitrogen and oxygen atoms in total. The molecule has 1 aromatic heterocycles. The molecule has 2 aliphatic rings. The summed E-state index contributed by atoms with van der Waals surface area (Å²) in [7, 11) is 2.15. The molecule has 0 bridgehead atoms. The number of hydrogen-bond donors (Lipinski definition) is 2. The van der Waals surface area contributed by atoms with Crippen molar-refractivity contribution in [3.8, 4) is 11.5 Å².